The molecule has 3 heterocycles. The molecule has 7 heteroatoms. The van der Waals surface area contributed by atoms with Gasteiger partial charge in [0, 0.05) is 32.1 Å². The number of rotatable bonds is 3. The summed E-state index contributed by atoms with van der Waals surface area (Å²) in [6.45, 7) is 5.11. The van der Waals surface area contributed by atoms with Crippen LogP contribution in [0.2, 0.25) is 0 Å². The van der Waals surface area contributed by atoms with Crippen LogP contribution in [-0.2, 0) is 6.42 Å². The van der Waals surface area contributed by atoms with E-state index in [2.05, 4.69) is 20.1 Å². The lowest BCUT2D eigenvalue weighted by molar-refractivity contribution is 0.0701. The minimum absolute atomic E-state index is 0.0117. The first kappa shape index (κ1) is 14.6. The van der Waals surface area contributed by atoms with Gasteiger partial charge in [0.25, 0.3) is 5.91 Å². The summed E-state index contributed by atoms with van der Waals surface area (Å²) < 4.78 is 5.05. The van der Waals surface area contributed by atoms with Crippen LogP contribution in [0.15, 0.2) is 17.0 Å². The SMILES string of the molecule is CCc1ncncc1C(=O)N1CCC[C@H](c2noc(C)n2)C1. The molecule has 0 unspecified atom stereocenters. The number of aromatic nitrogens is 4. The quantitative estimate of drug-likeness (QED) is 0.858. The lowest BCUT2D eigenvalue weighted by atomic mass is 9.96. The Morgan fingerprint density at radius 1 is 1.50 bits per heavy atom. The third-order valence-corrected chi connectivity index (χ3v) is 3.98. The van der Waals surface area contributed by atoms with E-state index in [0.717, 1.165) is 25.1 Å². The number of amides is 1. The summed E-state index contributed by atoms with van der Waals surface area (Å²) in [6.07, 6.45) is 5.70. The maximum atomic E-state index is 12.7. The molecule has 116 valence electrons. The molecule has 1 amide bonds. The van der Waals surface area contributed by atoms with Gasteiger partial charge in [-0.05, 0) is 19.3 Å². The standard InChI is InChI=1S/C15H19N5O2/c1-3-13-12(7-16-9-17-13)15(21)20-6-4-5-11(8-20)14-18-10(2)22-19-14/h7,9,11H,3-6,8H2,1-2H3/t11-/m0/s1. The van der Waals surface area contributed by atoms with Crippen molar-refractivity contribution in [2.75, 3.05) is 13.1 Å². The first-order valence-corrected chi connectivity index (χ1v) is 7.57. The van der Waals surface area contributed by atoms with Crippen LogP contribution in [0.5, 0.6) is 0 Å². The average Bonchev–Trinajstić information content (AvgIpc) is 3.01. The summed E-state index contributed by atoms with van der Waals surface area (Å²) in [5.74, 6) is 1.37. The first-order valence-electron chi connectivity index (χ1n) is 7.57. The van der Waals surface area contributed by atoms with Gasteiger partial charge in [-0.15, -0.1) is 0 Å². The summed E-state index contributed by atoms with van der Waals surface area (Å²) in [4.78, 5) is 27.1. The summed E-state index contributed by atoms with van der Waals surface area (Å²) in [7, 11) is 0. The highest BCUT2D eigenvalue weighted by atomic mass is 16.5. The molecule has 7 nitrogen and oxygen atoms in total. The summed E-state index contributed by atoms with van der Waals surface area (Å²) in [5.41, 5.74) is 1.38. The molecule has 1 saturated heterocycles. The van der Waals surface area contributed by atoms with Crippen molar-refractivity contribution >= 4 is 5.91 Å². The van der Waals surface area contributed by atoms with Crippen LogP contribution in [0.3, 0.4) is 0 Å². The normalized spacial score (nSPS) is 18.5. The van der Waals surface area contributed by atoms with E-state index in [9.17, 15) is 4.79 Å². The van der Waals surface area contributed by atoms with E-state index >= 15 is 0 Å². The van der Waals surface area contributed by atoms with Gasteiger partial charge in [0.2, 0.25) is 5.89 Å². The van der Waals surface area contributed by atoms with Crippen molar-refractivity contribution in [1.29, 1.82) is 0 Å². The van der Waals surface area contributed by atoms with Gasteiger partial charge in [-0.25, -0.2) is 9.97 Å². The Balaban J connectivity index is 1.78. The molecule has 22 heavy (non-hydrogen) atoms. The fourth-order valence-corrected chi connectivity index (χ4v) is 2.84. The molecule has 1 fully saturated rings. The monoisotopic (exact) mass is 301 g/mol. The lowest BCUT2D eigenvalue weighted by Crippen LogP contribution is -2.39. The lowest BCUT2D eigenvalue weighted by Gasteiger charge is -2.31. The molecule has 1 atom stereocenters. The van der Waals surface area contributed by atoms with Crippen LogP contribution in [0.1, 0.15) is 53.5 Å². The third-order valence-electron chi connectivity index (χ3n) is 3.98. The molecule has 0 radical (unpaired) electrons. The highest BCUT2D eigenvalue weighted by Crippen LogP contribution is 2.26. The van der Waals surface area contributed by atoms with E-state index in [1.807, 2.05) is 11.8 Å². The third kappa shape index (κ3) is 2.84. The fourth-order valence-electron chi connectivity index (χ4n) is 2.84. The van der Waals surface area contributed by atoms with Crippen LogP contribution in [0, 0.1) is 6.92 Å². The molecule has 2 aromatic rings. The van der Waals surface area contributed by atoms with E-state index in [0.29, 0.717) is 30.2 Å². The Bertz CT molecular complexity index is 669. The van der Waals surface area contributed by atoms with Crippen LogP contribution < -0.4 is 0 Å². The molecular weight excluding hydrogens is 282 g/mol. The Morgan fingerprint density at radius 3 is 3.09 bits per heavy atom. The highest BCUT2D eigenvalue weighted by Gasteiger charge is 2.29. The largest absolute Gasteiger partial charge is 0.340 e. The van der Waals surface area contributed by atoms with E-state index in [1.165, 1.54) is 6.33 Å². The Hall–Kier alpha value is -2.31. The van der Waals surface area contributed by atoms with Crippen molar-refractivity contribution in [3.63, 3.8) is 0 Å². The van der Waals surface area contributed by atoms with Gasteiger partial charge >= 0.3 is 0 Å². The Labute approximate surface area is 128 Å². The molecule has 0 saturated carbocycles. The fraction of sp³-hybridized carbons (Fsp3) is 0.533. The highest BCUT2D eigenvalue weighted by molar-refractivity contribution is 5.95. The smallest absolute Gasteiger partial charge is 0.257 e. The number of nitrogens with zero attached hydrogens (tertiary/aromatic N) is 5. The Morgan fingerprint density at radius 2 is 2.36 bits per heavy atom. The number of carbonyl (C=O) groups excluding carboxylic acids is 1. The maximum absolute atomic E-state index is 12.7. The maximum Gasteiger partial charge on any atom is 0.257 e. The van der Waals surface area contributed by atoms with Gasteiger partial charge in [0.05, 0.1) is 11.3 Å². The van der Waals surface area contributed by atoms with E-state index < -0.39 is 0 Å². The van der Waals surface area contributed by atoms with Crippen molar-refractivity contribution in [1.82, 2.24) is 25.0 Å². The second kappa shape index (κ2) is 6.21. The van der Waals surface area contributed by atoms with Crippen LogP contribution in [0.4, 0.5) is 0 Å². The molecule has 0 spiro atoms. The van der Waals surface area contributed by atoms with Crippen molar-refractivity contribution < 1.29 is 9.32 Å². The zero-order valence-corrected chi connectivity index (χ0v) is 12.8. The summed E-state index contributed by atoms with van der Waals surface area (Å²) in [6, 6.07) is 0. The van der Waals surface area contributed by atoms with E-state index in [1.54, 1.807) is 13.1 Å². The number of carbonyl (C=O) groups is 1. The molecule has 0 aromatic carbocycles. The van der Waals surface area contributed by atoms with Crippen LogP contribution in [0.25, 0.3) is 0 Å². The molecule has 0 N–H and O–H groups in total. The van der Waals surface area contributed by atoms with Gasteiger partial charge in [-0.3, -0.25) is 4.79 Å². The number of piperidine rings is 1. The number of hydrogen-bond acceptors (Lipinski definition) is 6. The summed E-state index contributed by atoms with van der Waals surface area (Å²) >= 11 is 0. The molecule has 2 aromatic heterocycles. The van der Waals surface area contributed by atoms with Gasteiger partial charge < -0.3 is 9.42 Å². The van der Waals surface area contributed by atoms with Crippen molar-refractivity contribution in [2.24, 2.45) is 0 Å². The zero-order chi connectivity index (χ0) is 15.5. The van der Waals surface area contributed by atoms with E-state index in [4.69, 9.17) is 4.52 Å². The van der Waals surface area contributed by atoms with Crippen molar-refractivity contribution in [2.45, 2.75) is 39.0 Å². The topological polar surface area (TPSA) is 85.0 Å². The minimum atomic E-state index is -0.0117. The molecular formula is C15H19N5O2. The van der Waals surface area contributed by atoms with Gasteiger partial charge in [0.1, 0.15) is 6.33 Å². The van der Waals surface area contributed by atoms with Gasteiger partial charge in [-0.2, -0.15) is 4.98 Å². The first-order chi connectivity index (χ1) is 10.7. The number of aryl methyl sites for hydroxylation is 2. The second-order valence-electron chi connectivity index (χ2n) is 5.50. The molecule has 1 aliphatic rings. The van der Waals surface area contributed by atoms with Gasteiger partial charge in [-0.1, -0.05) is 12.1 Å². The molecule has 1 aliphatic heterocycles. The summed E-state index contributed by atoms with van der Waals surface area (Å²) in [5, 5.41) is 3.99. The predicted molar refractivity (Wildman–Crippen MR) is 78.3 cm³/mol. The number of hydrogen-bond donors (Lipinski definition) is 0. The molecule has 0 bridgehead atoms. The van der Waals surface area contributed by atoms with Crippen molar-refractivity contribution in [3.8, 4) is 0 Å². The molecule has 3 rings (SSSR count). The predicted octanol–water partition coefficient (Wildman–Crippen LogP) is 1.75. The van der Waals surface area contributed by atoms with Gasteiger partial charge in [0.15, 0.2) is 5.82 Å². The van der Waals surface area contributed by atoms with E-state index in [-0.39, 0.29) is 11.8 Å². The van der Waals surface area contributed by atoms with Crippen LogP contribution >= 0.6 is 0 Å². The Kier molecular flexibility index (Phi) is 4.13. The van der Waals surface area contributed by atoms with Crippen LogP contribution in [-0.4, -0.2) is 44.0 Å². The number of likely N-dealkylation sites (tertiary alicyclic amines) is 1. The average molecular weight is 301 g/mol. The minimum Gasteiger partial charge on any atom is -0.340 e. The molecule has 0 aliphatic carbocycles. The second-order valence-corrected chi connectivity index (χ2v) is 5.50. The van der Waals surface area contributed by atoms with Crippen molar-refractivity contribution in [3.05, 3.63) is 35.5 Å². The zero-order valence-electron chi connectivity index (χ0n) is 12.8.